The summed E-state index contributed by atoms with van der Waals surface area (Å²) in [6.07, 6.45) is 2.40. The summed E-state index contributed by atoms with van der Waals surface area (Å²) in [6, 6.07) is 0. The van der Waals surface area contributed by atoms with Gasteiger partial charge in [-0.3, -0.25) is 4.57 Å². The van der Waals surface area contributed by atoms with Crippen LogP contribution in [0.3, 0.4) is 0 Å². The van der Waals surface area contributed by atoms with Crippen LogP contribution in [-0.2, 0) is 15.8 Å². The molecule has 2 atom stereocenters. The van der Waals surface area contributed by atoms with E-state index in [4.69, 9.17) is 10.5 Å². The summed E-state index contributed by atoms with van der Waals surface area (Å²) >= 11 is 0. The Hall–Kier alpha value is -1.76. The summed E-state index contributed by atoms with van der Waals surface area (Å²) in [5, 5.41) is 0. The van der Waals surface area contributed by atoms with E-state index in [1.807, 2.05) is 0 Å². The molecule has 2 heterocycles. The number of hydrogen-bond donors (Lipinski definition) is 2. The van der Waals surface area contributed by atoms with Crippen LogP contribution in [0.15, 0.2) is 25.1 Å². The monoisotopic (exact) mass is 297 g/mol. The van der Waals surface area contributed by atoms with E-state index in [1.54, 1.807) is 17.8 Å². The molecular formula is C11H16N5O3P. The van der Waals surface area contributed by atoms with Gasteiger partial charge < -0.3 is 19.9 Å². The molecule has 108 valence electrons. The van der Waals surface area contributed by atoms with Gasteiger partial charge in [0.2, 0.25) is 7.37 Å². The minimum Gasteiger partial charge on any atom is -0.382 e. The fourth-order valence-electron chi connectivity index (χ4n) is 1.65. The third-order valence-electron chi connectivity index (χ3n) is 2.71. The summed E-state index contributed by atoms with van der Waals surface area (Å²) in [4.78, 5) is 21.5. The van der Waals surface area contributed by atoms with Gasteiger partial charge in [0.05, 0.1) is 19.0 Å². The summed E-state index contributed by atoms with van der Waals surface area (Å²) < 4.78 is 18.5. The number of nitrogen functional groups attached to an aromatic ring is 1. The first-order chi connectivity index (χ1) is 9.43. The molecule has 0 fully saturated rings. The fraction of sp³-hybridized carbons (Fsp3) is 0.364. The summed E-state index contributed by atoms with van der Waals surface area (Å²) in [7, 11) is -3.40. The van der Waals surface area contributed by atoms with E-state index in [9.17, 15) is 9.46 Å². The predicted molar refractivity (Wildman–Crippen MR) is 75.2 cm³/mol. The largest absolute Gasteiger partial charge is 0.382 e. The molecule has 9 heteroatoms. The van der Waals surface area contributed by atoms with Crippen LogP contribution in [0.5, 0.6) is 0 Å². The number of anilines is 1. The van der Waals surface area contributed by atoms with Gasteiger partial charge in [0.25, 0.3) is 0 Å². The molecule has 0 radical (unpaired) electrons. The maximum atomic E-state index is 11.4. The molecule has 0 bridgehead atoms. The number of imidazole rings is 1. The Balaban J connectivity index is 2.07. The molecule has 2 rings (SSSR count). The number of hydrogen-bond acceptors (Lipinski definition) is 6. The maximum Gasteiger partial charge on any atom is 0.246 e. The van der Waals surface area contributed by atoms with Crippen molar-refractivity contribution in [3.63, 3.8) is 0 Å². The molecule has 3 N–H and O–H groups in total. The standard InChI is InChI=1S/C11H16N5O3P/c1-3-20(17,18)7-19-8(2)4-16-6-15-9-10(12)13-5-14-11(9)16/h3,5-6,8H,1,4,7H2,2H3,(H,17,18)(H2,12,13,14)/t8-/m1/s1. The van der Waals surface area contributed by atoms with Crippen LogP contribution in [0.1, 0.15) is 6.92 Å². The molecule has 1 unspecified atom stereocenters. The summed E-state index contributed by atoms with van der Waals surface area (Å²) in [5.41, 5.74) is 6.82. The van der Waals surface area contributed by atoms with Crippen molar-refractivity contribution in [2.24, 2.45) is 0 Å². The second-order valence-corrected chi connectivity index (χ2v) is 6.51. The van der Waals surface area contributed by atoms with Crippen LogP contribution in [0.4, 0.5) is 5.82 Å². The summed E-state index contributed by atoms with van der Waals surface area (Å²) in [6.45, 7) is 5.52. The molecule has 0 aromatic carbocycles. The average Bonchev–Trinajstić information content (AvgIpc) is 2.82. The van der Waals surface area contributed by atoms with Crippen molar-refractivity contribution in [3.8, 4) is 0 Å². The van der Waals surface area contributed by atoms with Crippen LogP contribution < -0.4 is 5.73 Å². The number of ether oxygens (including phenoxy) is 1. The number of aromatic nitrogens is 4. The normalized spacial score (nSPS) is 15.9. The minimum absolute atomic E-state index is 0.262. The Kier molecular flexibility index (Phi) is 4.17. The van der Waals surface area contributed by atoms with Gasteiger partial charge >= 0.3 is 0 Å². The van der Waals surface area contributed by atoms with E-state index in [0.29, 0.717) is 23.5 Å². The van der Waals surface area contributed by atoms with E-state index in [1.165, 1.54) is 6.33 Å². The topological polar surface area (TPSA) is 116 Å². The first-order valence-corrected chi connectivity index (χ1v) is 7.82. The molecule has 0 saturated heterocycles. The van der Waals surface area contributed by atoms with E-state index >= 15 is 0 Å². The smallest absolute Gasteiger partial charge is 0.246 e. The Morgan fingerprint density at radius 1 is 1.60 bits per heavy atom. The Bertz CT molecular complexity index is 671. The second kappa shape index (κ2) is 5.70. The van der Waals surface area contributed by atoms with Crippen molar-refractivity contribution < 1.29 is 14.2 Å². The average molecular weight is 297 g/mol. The molecule has 0 aliphatic rings. The lowest BCUT2D eigenvalue weighted by Gasteiger charge is -2.15. The third-order valence-corrected chi connectivity index (χ3v) is 3.80. The van der Waals surface area contributed by atoms with E-state index in [0.717, 1.165) is 5.82 Å². The predicted octanol–water partition coefficient (Wildman–Crippen LogP) is 1.18. The maximum absolute atomic E-state index is 11.4. The molecule has 8 nitrogen and oxygen atoms in total. The SMILES string of the molecule is C=CP(=O)(O)CO[C@H](C)Cn1cnc2c(N)ncnc21. The zero-order valence-corrected chi connectivity index (χ0v) is 11.9. The molecule has 0 aliphatic carbocycles. The Morgan fingerprint density at radius 2 is 2.35 bits per heavy atom. The van der Waals surface area contributed by atoms with Crippen LogP contribution >= 0.6 is 7.37 Å². The molecule has 0 amide bonds. The van der Waals surface area contributed by atoms with Crippen molar-refractivity contribution in [3.05, 3.63) is 25.1 Å². The van der Waals surface area contributed by atoms with Gasteiger partial charge in [0, 0.05) is 0 Å². The molecular weight excluding hydrogens is 281 g/mol. The highest BCUT2D eigenvalue weighted by Gasteiger charge is 2.16. The highest BCUT2D eigenvalue weighted by molar-refractivity contribution is 7.61. The van der Waals surface area contributed by atoms with Gasteiger partial charge in [-0.25, -0.2) is 15.0 Å². The minimum atomic E-state index is -3.40. The van der Waals surface area contributed by atoms with Crippen LogP contribution in [0.2, 0.25) is 0 Å². The fourth-order valence-corrected chi connectivity index (χ4v) is 2.22. The molecule has 2 aromatic heterocycles. The van der Waals surface area contributed by atoms with Crippen LogP contribution in [-0.4, -0.2) is 36.9 Å². The first-order valence-electron chi connectivity index (χ1n) is 5.91. The van der Waals surface area contributed by atoms with Gasteiger partial charge in [-0.2, -0.15) is 0 Å². The number of nitrogens with zero attached hydrogens (tertiary/aromatic N) is 4. The highest BCUT2D eigenvalue weighted by Crippen LogP contribution is 2.41. The van der Waals surface area contributed by atoms with Gasteiger partial charge in [-0.1, -0.05) is 6.58 Å². The molecule has 0 aliphatic heterocycles. The zero-order valence-electron chi connectivity index (χ0n) is 11.0. The lowest BCUT2D eigenvalue weighted by Crippen LogP contribution is -2.17. The Morgan fingerprint density at radius 3 is 3.05 bits per heavy atom. The van der Waals surface area contributed by atoms with Gasteiger partial charge in [0.15, 0.2) is 11.5 Å². The highest BCUT2D eigenvalue weighted by atomic mass is 31.2. The first kappa shape index (κ1) is 14.6. The van der Waals surface area contributed by atoms with Crippen molar-refractivity contribution in [2.75, 3.05) is 12.1 Å². The second-order valence-electron chi connectivity index (χ2n) is 4.37. The lowest BCUT2D eigenvalue weighted by molar-refractivity contribution is 0.0833. The van der Waals surface area contributed by atoms with Crippen molar-refractivity contribution in [2.45, 2.75) is 19.6 Å². The summed E-state index contributed by atoms with van der Waals surface area (Å²) in [5.74, 6) is 1.33. The van der Waals surface area contributed by atoms with Crippen molar-refractivity contribution in [1.82, 2.24) is 19.5 Å². The number of fused-ring (bicyclic) bond motifs is 1. The van der Waals surface area contributed by atoms with E-state index in [2.05, 4.69) is 21.5 Å². The van der Waals surface area contributed by atoms with Gasteiger partial charge in [0.1, 0.15) is 18.2 Å². The lowest BCUT2D eigenvalue weighted by atomic mass is 10.4. The molecule has 2 aromatic rings. The van der Waals surface area contributed by atoms with E-state index < -0.39 is 7.37 Å². The number of rotatable bonds is 6. The van der Waals surface area contributed by atoms with Crippen LogP contribution in [0.25, 0.3) is 11.2 Å². The zero-order chi connectivity index (χ0) is 14.8. The number of nitrogens with two attached hydrogens (primary N) is 1. The Labute approximate surface area is 115 Å². The molecule has 0 spiro atoms. The van der Waals surface area contributed by atoms with Crippen LogP contribution in [0, 0.1) is 0 Å². The van der Waals surface area contributed by atoms with Gasteiger partial charge in [-0.15, -0.1) is 0 Å². The van der Waals surface area contributed by atoms with Gasteiger partial charge in [-0.05, 0) is 12.7 Å². The molecule has 0 saturated carbocycles. The quantitative estimate of drug-likeness (QED) is 0.769. The van der Waals surface area contributed by atoms with Crippen molar-refractivity contribution >= 4 is 24.4 Å². The third kappa shape index (κ3) is 3.22. The molecule has 20 heavy (non-hydrogen) atoms. The van der Waals surface area contributed by atoms with E-state index in [-0.39, 0.29) is 12.5 Å². The van der Waals surface area contributed by atoms with Crippen molar-refractivity contribution in [1.29, 1.82) is 0 Å².